The maximum Gasteiger partial charge on any atom is 0.417 e. The molecule has 6 amide bonds. The van der Waals surface area contributed by atoms with Crippen molar-refractivity contribution in [3.63, 3.8) is 0 Å². The molecule has 10 nitrogen and oxygen atoms in total. The Labute approximate surface area is 369 Å². The van der Waals surface area contributed by atoms with Crippen molar-refractivity contribution in [2.75, 3.05) is 24.3 Å². The predicted molar refractivity (Wildman–Crippen MR) is 212 cm³/mol. The Morgan fingerprint density at radius 2 is 0.910 bits per heavy atom. The third kappa shape index (κ3) is 7.62. The lowest BCUT2D eigenvalue weighted by Crippen LogP contribution is -2.55. The Morgan fingerprint density at radius 1 is 0.493 bits per heavy atom. The number of halogens is 12. The van der Waals surface area contributed by atoms with Crippen LogP contribution in [0.1, 0.15) is 95.5 Å². The number of nitrogens with zero attached hydrogens (tertiary/aromatic N) is 2. The number of aryl methyl sites for hydroxylation is 2. The van der Waals surface area contributed by atoms with Gasteiger partial charge in [-0.1, -0.05) is 24.3 Å². The van der Waals surface area contributed by atoms with Crippen LogP contribution in [0, 0.1) is 13.8 Å². The molecule has 0 saturated heterocycles. The van der Waals surface area contributed by atoms with Crippen LogP contribution < -0.4 is 15.5 Å². The lowest BCUT2D eigenvalue weighted by molar-refractivity contribution is -0.288. The van der Waals surface area contributed by atoms with Gasteiger partial charge >= 0.3 is 24.7 Å². The number of hydrogen-bond acceptors (Lipinski definition) is 6. The van der Waals surface area contributed by atoms with Crippen molar-refractivity contribution < 1.29 is 81.5 Å². The Balaban J connectivity index is 1.28. The highest BCUT2D eigenvalue weighted by Gasteiger charge is 2.73. The zero-order valence-corrected chi connectivity index (χ0v) is 34.5. The third-order valence-corrected chi connectivity index (χ3v) is 11.4. The molecule has 0 saturated carbocycles. The number of hydrogen-bond donors (Lipinski definition) is 2. The first-order chi connectivity index (χ1) is 30.9. The summed E-state index contributed by atoms with van der Waals surface area (Å²) in [5.74, 6) is -6.89. The fourth-order valence-electron chi connectivity index (χ4n) is 8.16. The SMILES string of the molecule is CNC(=O)c1cc(C)c(C(=O)Nc2ccc(-c3ccc(N4C(=O)c5ccc(C(c6ccc7c(c6)C(=O)N(C)C7=O)(C(F)(F)F)C(F)(F)F)cc5C4=O)cc3C(F)(F)F)c(C(F)(F)F)c2)cc1C. The molecule has 0 unspecified atom stereocenters. The van der Waals surface area contributed by atoms with Crippen LogP contribution in [0.2, 0.25) is 0 Å². The summed E-state index contributed by atoms with van der Waals surface area (Å²) in [6.45, 7) is 2.95. The maximum absolute atomic E-state index is 15.1. The van der Waals surface area contributed by atoms with Crippen molar-refractivity contribution in [2.24, 2.45) is 0 Å². The number of alkyl halides is 12. The Hall–Kier alpha value is -7.52. The Morgan fingerprint density at radius 3 is 1.40 bits per heavy atom. The molecular weight excluding hydrogens is 920 g/mol. The number of benzene rings is 5. The van der Waals surface area contributed by atoms with Gasteiger partial charge < -0.3 is 10.6 Å². The number of carbonyl (C=O) groups is 6. The molecule has 7 rings (SSSR count). The highest BCUT2D eigenvalue weighted by Crippen LogP contribution is 2.57. The number of nitrogens with one attached hydrogen (secondary N) is 2. The first-order valence-electron chi connectivity index (χ1n) is 19.2. The van der Waals surface area contributed by atoms with Crippen molar-refractivity contribution >= 4 is 46.8 Å². The summed E-state index contributed by atoms with van der Waals surface area (Å²) < 4.78 is 179. The molecule has 5 aromatic carbocycles. The number of amides is 6. The number of fused-ring (bicyclic) bond motifs is 2. The van der Waals surface area contributed by atoms with E-state index in [0.29, 0.717) is 52.9 Å². The van der Waals surface area contributed by atoms with E-state index in [-0.39, 0.29) is 45.9 Å². The van der Waals surface area contributed by atoms with Gasteiger partial charge in [-0.25, -0.2) is 4.90 Å². The van der Waals surface area contributed by atoms with Gasteiger partial charge in [0.1, 0.15) is 0 Å². The van der Waals surface area contributed by atoms with Gasteiger partial charge in [0, 0.05) is 30.9 Å². The van der Waals surface area contributed by atoms with Crippen LogP contribution in [0.5, 0.6) is 0 Å². The van der Waals surface area contributed by atoms with Gasteiger partial charge in [-0.05, 0) is 108 Å². The van der Waals surface area contributed by atoms with E-state index >= 15 is 26.3 Å². The minimum Gasteiger partial charge on any atom is -0.355 e. The van der Waals surface area contributed by atoms with Gasteiger partial charge in [0.2, 0.25) is 5.41 Å². The maximum atomic E-state index is 15.1. The molecule has 2 aliphatic rings. The highest BCUT2D eigenvalue weighted by molar-refractivity contribution is 6.34. The van der Waals surface area contributed by atoms with Gasteiger partial charge in [0.25, 0.3) is 35.4 Å². The molecule has 0 bridgehead atoms. The fraction of sp³-hybridized carbons (Fsp3) is 0.200. The molecule has 0 fully saturated rings. The number of anilines is 2. The lowest BCUT2D eigenvalue weighted by atomic mass is 9.71. The highest BCUT2D eigenvalue weighted by atomic mass is 19.4. The van der Waals surface area contributed by atoms with E-state index in [1.807, 2.05) is 0 Å². The first-order valence-corrected chi connectivity index (χ1v) is 19.2. The molecule has 348 valence electrons. The Bertz CT molecular complexity index is 2990. The van der Waals surface area contributed by atoms with Crippen LogP contribution in [0.25, 0.3) is 11.1 Å². The standard InChI is InChI=1S/C45H28F12N4O6/c1-19-14-30(20(2)13-29(19)35(62)58-3)36(63)59-23-7-11-25(33(17-23)42(46,47)48)26-12-8-24(18-34(26)43(49,50)51)61-39(66)28-10-6-22(16-32(28)40(61)67)41(44(52,53)54,45(55,56)57)21-5-9-27-31(15-21)38(65)60(4)37(27)64/h5-18H,1-4H3,(H,58,62)(H,59,63). The summed E-state index contributed by atoms with van der Waals surface area (Å²) in [5.41, 5.74) is -18.2. The molecule has 22 heteroatoms. The molecule has 2 heterocycles. The molecule has 0 spiro atoms. The molecule has 67 heavy (non-hydrogen) atoms. The smallest absolute Gasteiger partial charge is 0.355 e. The quantitative estimate of drug-likeness (QED) is 0.123. The van der Waals surface area contributed by atoms with Gasteiger partial charge in [0.15, 0.2) is 0 Å². The molecule has 0 radical (unpaired) electrons. The van der Waals surface area contributed by atoms with Crippen molar-refractivity contribution in [3.8, 4) is 11.1 Å². The number of carbonyl (C=O) groups excluding carboxylic acids is 6. The summed E-state index contributed by atoms with van der Waals surface area (Å²) in [7, 11) is 2.31. The number of rotatable bonds is 7. The van der Waals surface area contributed by atoms with Crippen LogP contribution in [0.3, 0.4) is 0 Å². The monoisotopic (exact) mass is 948 g/mol. The molecule has 0 aromatic heterocycles. The fourth-order valence-corrected chi connectivity index (χ4v) is 8.16. The zero-order valence-electron chi connectivity index (χ0n) is 34.5. The van der Waals surface area contributed by atoms with E-state index in [2.05, 4.69) is 10.6 Å². The second-order valence-electron chi connectivity index (χ2n) is 15.4. The van der Waals surface area contributed by atoms with E-state index in [1.165, 1.54) is 33.0 Å². The van der Waals surface area contributed by atoms with Crippen LogP contribution in [-0.4, -0.2) is 66.8 Å². The number of imide groups is 2. The first kappa shape index (κ1) is 47.4. The molecular formula is C45H28F12N4O6. The van der Waals surface area contributed by atoms with E-state index in [9.17, 15) is 55.1 Å². The van der Waals surface area contributed by atoms with Crippen LogP contribution in [-0.2, 0) is 17.8 Å². The van der Waals surface area contributed by atoms with E-state index < -0.39 is 133 Å². The van der Waals surface area contributed by atoms with Crippen molar-refractivity contribution in [3.05, 3.63) is 152 Å². The summed E-state index contributed by atoms with van der Waals surface area (Å²) in [6.07, 6.45) is -23.6. The second kappa shape index (κ2) is 15.8. The molecule has 2 N–H and O–H groups in total. The summed E-state index contributed by atoms with van der Waals surface area (Å²) in [5, 5.41) is 4.66. The third-order valence-electron chi connectivity index (χ3n) is 11.4. The molecule has 0 aliphatic carbocycles. The largest absolute Gasteiger partial charge is 0.417 e. The normalized spacial score (nSPS) is 14.4. The summed E-state index contributed by atoms with van der Waals surface area (Å²) in [4.78, 5) is 78.2. The lowest BCUT2D eigenvalue weighted by Gasteiger charge is -2.38. The van der Waals surface area contributed by atoms with Gasteiger partial charge in [-0.3, -0.25) is 33.7 Å². The average molecular weight is 949 g/mol. The zero-order chi connectivity index (χ0) is 49.7. The van der Waals surface area contributed by atoms with Crippen molar-refractivity contribution in [1.82, 2.24) is 10.2 Å². The predicted octanol–water partition coefficient (Wildman–Crippen LogP) is 10.1. The van der Waals surface area contributed by atoms with Gasteiger partial charge in [0.05, 0.1) is 39.1 Å². The molecule has 5 aromatic rings. The average Bonchev–Trinajstić information content (AvgIpc) is 3.61. The molecule has 2 aliphatic heterocycles. The van der Waals surface area contributed by atoms with Crippen molar-refractivity contribution in [2.45, 2.75) is 44.0 Å². The van der Waals surface area contributed by atoms with E-state index in [0.717, 1.165) is 13.1 Å². The van der Waals surface area contributed by atoms with Crippen molar-refractivity contribution in [1.29, 1.82) is 0 Å². The second-order valence-corrected chi connectivity index (χ2v) is 15.4. The Kier molecular flexibility index (Phi) is 11.2. The van der Waals surface area contributed by atoms with Crippen LogP contribution >= 0.6 is 0 Å². The van der Waals surface area contributed by atoms with E-state index in [1.54, 1.807) is 0 Å². The minimum absolute atomic E-state index is 0.0138. The van der Waals surface area contributed by atoms with Crippen LogP contribution in [0.15, 0.2) is 84.9 Å². The summed E-state index contributed by atoms with van der Waals surface area (Å²) in [6, 6.07) is 7.45. The van der Waals surface area contributed by atoms with E-state index in [4.69, 9.17) is 0 Å². The molecule has 0 atom stereocenters. The van der Waals surface area contributed by atoms with Gasteiger partial charge in [-0.2, -0.15) is 52.7 Å². The van der Waals surface area contributed by atoms with Gasteiger partial charge in [-0.15, -0.1) is 0 Å². The van der Waals surface area contributed by atoms with Crippen LogP contribution in [0.4, 0.5) is 64.1 Å². The summed E-state index contributed by atoms with van der Waals surface area (Å²) >= 11 is 0. The minimum atomic E-state index is -6.31. The topological polar surface area (TPSA) is 133 Å².